The van der Waals surface area contributed by atoms with Crippen molar-refractivity contribution < 1.29 is 4.79 Å². The van der Waals surface area contributed by atoms with Crippen LogP contribution in [0.2, 0.25) is 0 Å². The average Bonchev–Trinajstić information content (AvgIpc) is 2.74. The van der Waals surface area contributed by atoms with Crippen LogP contribution in [0.3, 0.4) is 0 Å². The summed E-state index contributed by atoms with van der Waals surface area (Å²) in [5.41, 5.74) is 1.71. The van der Waals surface area contributed by atoms with E-state index in [9.17, 15) is 4.79 Å². The van der Waals surface area contributed by atoms with Crippen molar-refractivity contribution in [3.05, 3.63) is 18.3 Å². The second-order valence-electron chi connectivity index (χ2n) is 6.26. The molecule has 1 saturated carbocycles. The molecule has 0 unspecified atom stereocenters. The third kappa shape index (κ3) is 2.52. The highest BCUT2D eigenvalue weighted by atomic mass is 16.2. The molecule has 2 aromatic rings. The molecule has 0 saturated heterocycles. The van der Waals surface area contributed by atoms with Gasteiger partial charge in [-0.05, 0) is 37.3 Å². The van der Waals surface area contributed by atoms with Crippen molar-refractivity contribution in [3.8, 4) is 0 Å². The van der Waals surface area contributed by atoms with E-state index in [4.69, 9.17) is 0 Å². The van der Waals surface area contributed by atoms with Crippen LogP contribution in [0.5, 0.6) is 0 Å². The molecule has 0 aromatic carbocycles. The Morgan fingerprint density at radius 3 is 2.76 bits per heavy atom. The van der Waals surface area contributed by atoms with Crippen LogP contribution in [0.4, 0.5) is 5.95 Å². The predicted octanol–water partition coefficient (Wildman–Crippen LogP) is 3.39. The van der Waals surface area contributed by atoms with Crippen molar-refractivity contribution in [1.29, 1.82) is 0 Å². The lowest BCUT2D eigenvalue weighted by Crippen LogP contribution is -2.27. The first kappa shape index (κ1) is 14.0. The van der Waals surface area contributed by atoms with Crippen LogP contribution in [-0.2, 0) is 4.79 Å². The fraction of sp³-hybridized carbons (Fsp3) is 0.562. The van der Waals surface area contributed by atoms with Gasteiger partial charge in [-0.15, -0.1) is 0 Å². The molecule has 3 rings (SSSR count). The van der Waals surface area contributed by atoms with Crippen molar-refractivity contribution in [2.75, 3.05) is 5.32 Å². The smallest absolute Gasteiger partial charge is 0.229 e. The van der Waals surface area contributed by atoms with Gasteiger partial charge in [0.2, 0.25) is 11.9 Å². The summed E-state index contributed by atoms with van der Waals surface area (Å²) >= 11 is 0. The van der Waals surface area contributed by atoms with Crippen molar-refractivity contribution in [1.82, 2.24) is 14.5 Å². The van der Waals surface area contributed by atoms with Crippen molar-refractivity contribution in [2.45, 2.75) is 46.1 Å². The fourth-order valence-electron chi connectivity index (χ4n) is 2.54. The first-order valence-electron chi connectivity index (χ1n) is 7.71. The Labute approximate surface area is 124 Å². The minimum absolute atomic E-state index is 0.0286. The van der Waals surface area contributed by atoms with Crippen molar-refractivity contribution >= 4 is 23.0 Å². The van der Waals surface area contributed by atoms with Crippen LogP contribution in [0.25, 0.3) is 11.2 Å². The van der Waals surface area contributed by atoms with Crippen molar-refractivity contribution in [2.24, 2.45) is 11.8 Å². The number of hydrogen-bond acceptors (Lipinski definition) is 3. The average molecular weight is 286 g/mol. The van der Waals surface area contributed by atoms with Gasteiger partial charge in [0.25, 0.3) is 0 Å². The van der Waals surface area contributed by atoms with Crippen LogP contribution in [0, 0.1) is 11.8 Å². The zero-order valence-electron chi connectivity index (χ0n) is 12.8. The number of imidazole rings is 1. The highest BCUT2D eigenvalue weighted by Crippen LogP contribution is 2.36. The highest BCUT2D eigenvalue weighted by Gasteiger charge is 2.27. The van der Waals surface area contributed by atoms with Gasteiger partial charge in [0.15, 0.2) is 5.65 Å². The van der Waals surface area contributed by atoms with Gasteiger partial charge in [0, 0.05) is 18.2 Å². The van der Waals surface area contributed by atoms with Crippen LogP contribution in [0.1, 0.15) is 46.1 Å². The number of amides is 1. The van der Waals surface area contributed by atoms with E-state index in [1.807, 2.05) is 19.1 Å². The summed E-state index contributed by atoms with van der Waals surface area (Å²) in [7, 11) is 0. The number of anilines is 1. The van der Waals surface area contributed by atoms with Gasteiger partial charge in [0.05, 0.1) is 0 Å². The van der Waals surface area contributed by atoms with Gasteiger partial charge >= 0.3 is 0 Å². The molecule has 1 fully saturated rings. The van der Waals surface area contributed by atoms with E-state index in [2.05, 4.69) is 33.7 Å². The Kier molecular flexibility index (Phi) is 3.66. The van der Waals surface area contributed by atoms with Gasteiger partial charge in [-0.25, -0.2) is 9.97 Å². The molecule has 0 bridgehead atoms. The van der Waals surface area contributed by atoms with Crippen LogP contribution < -0.4 is 5.32 Å². The van der Waals surface area contributed by atoms with Gasteiger partial charge < -0.3 is 0 Å². The quantitative estimate of drug-likeness (QED) is 0.937. The number of aromatic nitrogens is 3. The molecule has 21 heavy (non-hydrogen) atoms. The van der Waals surface area contributed by atoms with Crippen LogP contribution >= 0.6 is 0 Å². The Morgan fingerprint density at radius 1 is 1.38 bits per heavy atom. The topological polar surface area (TPSA) is 59.8 Å². The highest BCUT2D eigenvalue weighted by molar-refractivity contribution is 5.92. The second kappa shape index (κ2) is 5.47. The summed E-state index contributed by atoms with van der Waals surface area (Å²) in [4.78, 5) is 21.3. The Bertz CT molecular complexity index is 657. The number of rotatable bonds is 4. The normalized spacial score (nSPS) is 17.0. The summed E-state index contributed by atoms with van der Waals surface area (Å²) in [6.07, 6.45) is 5.27. The molecule has 5 nitrogen and oxygen atoms in total. The summed E-state index contributed by atoms with van der Waals surface area (Å²) in [6, 6.07) is 4.23. The molecule has 2 aromatic heterocycles. The monoisotopic (exact) mass is 286 g/mol. The zero-order valence-corrected chi connectivity index (χ0v) is 12.8. The molecular formula is C16H22N4O. The standard InChI is InChI=1S/C16H22N4O/c1-10(2)11(3)15(21)19-16-18-13-8-5-9-17-14(13)20(16)12-6-4-7-12/h5,8-12H,4,6-7H2,1-3H3,(H,18,19,21)/t11-/m0/s1. The molecule has 0 radical (unpaired) electrons. The largest absolute Gasteiger partial charge is 0.296 e. The Balaban J connectivity index is 1.95. The van der Waals surface area contributed by atoms with Crippen LogP contribution in [-0.4, -0.2) is 20.4 Å². The minimum atomic E-state index is -0.0346. The maximum absolute atomic E-state index is 12.3. The maximum Gasteiger partial charge on any atom is 0.229 e. The van der Waals surface area contributed by atoms with E-state index in [0.717, 1.165) is 24.0 Å². The lowest BCUT2D eigenvalue weighted by molar-refractivity contribution is -0.120. The maximum atomic E-state index is 12.3. The molecule has 1 atom stereocenters. The molecule has 1 amide bonds. The number of hydrogen-bond donors (Lipinski definition) is 1. The molecule has 1 aliphatic rings. The number of nitrogens with zero attached hydrogens (tertiary/aromatic N) is 3. The van der Waals surface area contributed by atoms with Crippen LogP contribution in [0.15, 0.2) is 18.3 Å². The summed E-state index contributed by atoms with van der Waals surface area (Å²) < 4.78 is 2.10. The molecule has 0 spiro atoms. The van der Waals surface area contributed by atoms with Crippen molar-refractivity contribution in [3.63, 3.8) is 0 Å². The number of fused-ring (bicyclic) bond motifs is 1. The number of carbonyl (C=O) groups excluding carboxylic acids is 1. The summed E-state index contributed by atoms with van der Waals surface area (Å²) in [6.45, 7) is 6.07. The third-order valence-electron chi connectivity index (χ3n) is 4.54. The number of carbonyl (C=O) groups is 1. The number of nitrogens with one attached hydrogen (secondary N) is 1. The van der Waals surface area contributed by atoms with Gasteiger partial charge in [-0.1, -0.05) is 20.8 Å². The molecule has 1 aliphatic carbocycles. The Morgan fingerprint density at radius 2 is 2.14 bits per heavy atom. The van der Waals surface area contributed by atoms with E-state index in [1.54, 1.807) is 6.20 Å². The lowest BCUT2D eigenvalue weighted by Gasteiger charge is -2.28. The van der Waals surface area contributed by atoms with E-state index in [-0.39, 0.29) is 11.8 Å². The van der Waals surface area contributed by atoms with Gasteiger partial charge in [0.1, 0.15) is 5.52 Å². The Hall–Kier alpha value is -1.91. The molecule has 2 heterocycles. The van der Waals surface area contributed by atoms with E-state index in [1.165, 1.54) is 6.42 Å². The van der Waals surface area contributed by atoms with Gasteiger partial charge in [-0.3, -0.25) is 14.7 Å². The third-order valence-corrected chi connectivity index (χ3v) is 4.54. The van der Waals surface area contributed by atoms with E-state index in [0.29, 0.717) is 17.9 Å². The number of pyridine rings is 1. The second-order valence-corrected chi connectivity index (χ2v) is 6.26. The SMILES string of the molecule is CC(C)[C@H](C)C(=O)Nc1nc2cccnc2n1C1CCC1. The fourth-order valence-corrected chi connectivity index (χ4v) is 2.54. The first-order valence-corrected chi connectivity index (χ1v) is 7.71. The molecule has 1 N–H and O–H groups in total. The van der Waals surface area contributed by atoms with E-state index >= 15 is 0 Å². The summed E-state index contributed by atoms with van der Waals surface area (Å²) in [5.74, 6) is 0.948. The molecule has 112 valence electrons. The molecular weight excluding hydrogens is 264 g/mol. The molecule has 0 aliphatic heterocycles. The minimum Gasteiger partial charge on any atom is -0.296 e. The van der Waals surface area contributed by atoms with Gasteiger partial charge in [-0.2, -0.15) is 0 Å². The molecule has 5 heteroatoms. The predicted molar refractivity (Wildman–Crippen MR) is 83.0 cm³/mol. The first-order chi connectivity index (χ1) is 10.1. The zero-order chi connectivity index (χ0) is 15.0. The summed E-state index contributed by atoms with van der Waals surface area (Å²) in [5, 5.41) is 3.00. The lowest BCUT2D eigenvalue weighted by atomic mass is 9.93. The van der Waals surface area contributed by atoms with E-state index < -0.39 is 0 Å².